The quantitative estimate of drug-likeness (QED) is 0.161. The predicted molar refractivity (Wildman–Crippen MR) is 233 cm³/mol. The van der Waals surface area contributed by atoms with E-state index in [4.69, 9.17) is 0 Å². The fraction of sp³-hybridized carbons (Fsp3) is 0. The maximum atomic E-state index is 2.50. The summed E-state index contributed by atoms with van der Waals surface area (Å²) in [7, 11) is 0. The molecule has 0 aliphatic carbocycles. The van der Waals surface area contributed by atoms with Crippen LogP contribution in [-0.2, 0) is 0 Å². The van der Waals surface area contributed by atoms with Gasteiger partial charge in [-0.3, -0.25) is 0 Å². The van der Waals surface area contributed by atoms with E-state index in [1.54, 1.807) is 0 Å². The van der Waals surface area contributed by atoms with Crippen LogP contribution in [0.25, 0.3) is 84.1 Å². The zero-order chi connectivity index (χ0) is 34.9. The molecule has 0 saturated heterocycles. The van der Waals surface area contributed by atoms with Gasteiger partial charge in [0.2, 0.25) is 0 Å². The Morgan fingerprint density at radius 2 is 0.981 bits per heavy atom. The molecule has 0 atom stereocenters. The van der Waals surface area contributed by atoms with Crippen molar-refractivity contribution < 1.29 is 0 Å². The van der Waals surface area contributed by atoms with Gasteiger partial charge in [0.15, 0.2) is 0 Å². The monoisotopic (exact) mass is 709 g/mol. The first-order chi connectivity index (χ1) is 26.3. The third-order valence-electron chi connectivity index (χ3n) is 10.7. The molecular weight excluding hydrogens is 679 g/mol. The molecule has 53 heavy (non-hydrogen) atoms. The van der Waals surface area contributed by atoms with Crippen LogP contribution in [0.15, 0.2) is 188 Å². The van der Waals surface area contributed by atoms with E-state index in [0.29, 0.717) is 0 Å². The van der Waals surface area contributed by atoms with Crippen LogP contribution in [0.3, 0.4) is 0 Å². The van der Waals surface area contributed by atoms with Crippen LogP contribution in [0.4, 0.5) is 17.1 Å². The summed E-state index contributed by atoms with van der Waals surface area (Å²) in [5, 5.41) is 10.3. The Hall–Kier alpha value is -6.26. The molecule has 11 rings (SSSR count). The molecule has 0 fully saturated rings. The Kier molecular flexibility index (Phi) is 6.97. The SMILES string of the molecule is c1ccc(-c2cccc3c2sc2c(N(c4ccc(-c5ccc6c(ccc7ccccc76)c5)cc4)c4cccc5sc6ccccc6c45)cccc23)cc1. The highest BCUT2D eigenvalue weighted by Gasteiger charge is 2.22. The number of thiophene rings is 2. The first-order valence-electron chi connectivity index (χ1n) is 18.0. The van der Waals surface area contributed by atoms with Crippen molar-refractivity contribution in [2.75, 3.05) is 4.90 Å². The molecule has 0 spiro atoms. The first-order valence-corrected chi connectivity index (χ1v) is 19.6. The van der Waals surface area contributed by atoms with E-state index >= 15 is 0 Å². The average Bonchev–Trinajstić information content (AvgIpc) is 3.81. The van der Waals surface area contributed by atoms with Crippen LogP contribution in [0.1, 0.15) is 0 Å². The number of nitrogens with zero attached hydrogens (tertiary/aromatic N) is 1. The smallest absolute Gasteiger partial charge is 0.0640 e. The van der Waals surface area contributed by atoms with Gasteiger partial charge in [0, 0.05) is 41.3 Å². The summed E-state index contributed by atoms with van der Waals surface area (Å²) in [5.74, 6) is 0. The highest BCUT2D eigenvalue weighted by atomic mass is 32.1. The molecule has 3 heteroatoms. The summed E-state index contributed by atoms with van der Waals surface area (Å²) in [4.78, 5) is 2.50. The fourth-order valence-electron chi connectivity index (χ4n) is 8.17. The van der Waals surface area contributed by atoms with Gasteiger partial charge < -0.3 is 4.90 Å². The second-order valence-corrected chi connectivity index (χ2v) is 15.8. The summed E-state index contributed by atoms with van der Waals surface area (Å²) in [5.41, 5.74) is 8.47. The third kappa shape index (κ3) is 4.89. The lowest BCUT2D eigenvalue weighted by atomic mass is 9.97. The third-order valence-corrected chi connectivity index (χ3v) is 13.1. The lowest BCUT2D eigenvalue weighted by Gasteiger charge is -2.27. The van der Waals surface area contributed by atoms with Crippen molar-refractivity contribution >= 4 is 102 Å². The zero-order valence-electron chi connectivity index (χ0n) is 28.7. The molecule has 0 bridgehead atoms. The molecule has 9 aromatic carbocycles. The zero-order valence-corrected chi connectivity index (χ0v) is 30.3. The first kappa shape index (κ1) is 30.4. The summed E-state index contributed by atoms with van der Waals surface area (Å²) in [6.45, 7) is 0. The normalized spacial score (nSPS) is 11.8. The largest absolute Gasteiger partial charge is 0.308 e. The Morgan fingerprint density at radius 1 is 0.340 bits per heavy atom. The van der Waals surface area contributed by atoms with Gasteiger partial charge >= 0.3 is 0 Å². The minimum absolute atomic E-state index is 1.14. The standard InChI is InChI=1S/C50H31NS2/c1-2-11-33(12-3-1)40-16-8-17-41-42-18-9-20-45(50(42)53-49(40)41)51(44-19-10-22-47-48(44)43-15-6-7-21-46(43)52-47)37-28-25-32(26-29-37)35-27-30-39-36(31-35)24-23-34-13-4-5-14-38(34)39/h1-31H. The highest BCUT2D eigenvalue weighted by molar-refractivity contribution is 7.27. The van der Waals surface area contributed by atoms with Crippen molar-refractivity contribution in [3.63, 3.8) is 0 Å². The minimum Gasteiger partial charge on any atom is -0.308 e. The Labute approximate surface area is 315 Å². The van der Waals surface area contributed by atoms with E-state index in [1.165, 1.54) is 95.5 Å². The fourth-order valence-corrected chi connectivity index (χ4v) is 10.6. The highest BCUT2D eigenvalue weighted by Crippen LogP contribution is 2.50. The van der Waals surface area contributed by atoms with Crippen LogP contribution in [0.2, 0.25) is 0 Å². The molecule has 0 unspecified atom stereocenters. The van der Waals surface area contributed by atoms with E-state index in [0.717, 1.165) is 5.69 Å². The van der Waals surface area contributed by atoms with Gasteiger partial charge in [-0.1, -0.05) is 146 Å². The molecule has 0 N–H and O–H groups in total. The number of hydrogen-bond donors (Lipinski definition) is 0. The van der Waals surface area contributed by atoms with Gasteiger partial charge in [-0.05, 0) is 86.3 Å². The molecule has 2 heterocycles. The minimum atomic E-state index is 1.14. The van der Waals surface area contributed by atoms with E-state index in [1.807, 2.05) is 22.7 Å². The Morgan fingerprint density at radius 3 is 1.87 bits per heavy atom. The number of hydrogen-bond acceptors (Lipinski definition) is 3. The average molecular weight is 710 g/mol. The number of rotatable bonds is 5. The van der Waals surface area contributed by atoms with E-state index in [-0.39, 0.29) is 0 Å². The van der Waals surface area contributed by atoms with Crippen molar-refractivity contribution in [2.24, 2.45) is 0 Å². The maximum Gasteiger partial charge on any atom is 0.0640 e. The van der Waals surface area contributed by atoms with Crippen LogP contribution in [0, 0.1) is 0 Å². The second kappa shape index (κ2) is 12.2. The van der Waals surface area contributed by atoms with Crippen LogP contribution in [-0.4, -0.2) is 0 Å². The van der Waals surface area contributed by atoms with Crippen LogP contribution in [0.5, 0.6) is 0 Å². The molecular formula is C50H31NS2. The predicted octanol–water partition coefficient (Wildman–Crippen LogP) is 15.5. The van der Waals surface area contributed by atoms with Crippen molar-refractivity contribution in [1.82, 2.24) is 0 Å². The lowest BCUT2D eigenvalue weighted by Crippen LogP contribution is -2.10. The number of anilines is 3. The maximum absolute atomic E-state index is 2.50. The molecule has 2 aromatic heterocycles. The summed E-state index contributed by atoms with van der Waals surface area (Å²) < 4.78 is 5.21. The molecule has 11 aromatic rings. The van der Waals surface area contributed by atoms with E-state index < -0.39 is 0 Å². The van der Waals surface area contributed by atoms with Gasteiger partial charge in [0.05, 0.1) is 16.1 Å². The Bertz CT molecular complexity index is 3170. The van der Waals surface area contributed by atoms with Crippen LogP contribution < -0.4 is 4.90 Å². The second-order valence-electron chi connectivity index (χ2n) is 13.7. The summed E-state index contributed by atoms with van der Waals surface area (Å²) in [6, 6.07) is 69.1. The topological polar surface area (TPSA) is 3.24 Å². The van der Waals surface area contributed by atoms with Gasteiger partial charge in [-0.15, -0.1) is 22.7 Å². The van der Waals surface area contributed by atoms with Gasteiger partial charge in [0.25, 0.3) is 0 Å². The van der Waals surface area contributed by atoms with Crippen molar-refractivity contribution in [3.05, 3.63) is 188 Å². The van der Waals surface area contributed by atoms with Crippen molar-refractivity contribution in [3.8, 4) is 22.3 Å². The molecule has 0 aliphatic heterocycles. The molecule has 0 saturated carbocycles. The van der Waals surface area contributed by atoms with Gasteiger partial charge in [0.1, 0.15) is 0 Å². The lowest BCUT2D eigenvalue weighted by molar-refractivity contribution is 1.32. The molecule has 248 valence electrons. The number of benzene rings is 9. The van der Waals surface area contributed by atoms with Crippen molar-refractivity contribution in [1.29, 1.82) is 0 Å². The Balaban J connectivity index is 1.12. The summed E-state index contributed by atoms with van der Waals surface area (Å²) >= 11 is 3.77. The van der Waals surface area contributed by atoms with Gasteiger partial charge in [-0.2, -0.15) is 0 Å². The van der Waals surface area contributed by atoms with Crippen LogP contribution >= 0.6 is 22.7 Å². The van der Waals surface area contributed by atoms with E-state index in [2.05, 4.69) is 193 Å². The molecule has 1 nitrogen and oxygen atoms in total. The summed E-state index contributed by atoms with van der Waals surface area (Å²) in [6.07, 6.45) is 0. The molecule has 0 amide bonds. The molecule has 0 aliphatic rings. The van der Waals surface area contributed by atoms with E-state index in [9.17, 15) is 0 Å². The number of fused-ring (bicyclic) bond motifs is 9. The van der Waals surface area contributed by atoms with Gasteiger partial charge in [-0.25, -0.2) is 0 Å². The van der Waals surface area contributed by atoms with Crippen molar-refractivity contribution in [2.45, 2.75) is 0 Å². The molecule has 0 radical (unpaired) electrons.